The Morgan fingerprint density at radius 3 is 2.61 bits per heavy atom. The molecule has 2 fully saturated rings. The molecule has 164 valence electrons. The lowest BCUT2D eigenvalue weighted by Gasteiger charge is -2.36. The van der Waals surface area contributed by atoms with E-state index in [9.17, 15) is 9.18 Å². The zero-order chi connectivity index (χ0) is 21.2. The van der Waals surface area contributed by atoms with Gasteiger partial charge in [0.25, 0.3) is 0 Å². The van der Waals surface area contributed by atoms with Crippen LogP contribution in [0.1, 0.15) is 29.5 Å². The first kappa shape index (κ1) is 20.5. The van der Waals surface area contributed by atoms with Crippen molar-refractivity contribution in [3.8, 4) is 0 Å². The summed E-state index contributed by atoms with van der Waals surface area (Å²) in [7, 11) is 0. The number of halogens is 1. The molecule has 2 saturated heterocycles. The molecule has 2 aromatic carbocycles. The van der Waals surface area contributed by atoms with Crippen LogP contribution in [0, 0.1) is 12.5 Å². The van der Waals surface area contributed by atoms with Gasteiger partial charge in [0.05, 0.1) is 26.2 Å². The first-order valence-corrected chi connectivity index (χ1v) is 11.4. The van der Waals surface area contributed by atoms with Crippen molar-refractivity contribution in [3.63, 3.8) is 0 Å². The Kier molecular flexibility index (Phi) is 5.92. The van der Waals surface area contributed by atoms with Gasteiger partial charge in [-0.1, -0.05) is 24.3 Å². The minimum Gasteiger partial charge on any atom is -0.525 e. The highest BCUT2D eigenvalue weighted by molar-refractivity contribution is 5.79. The highest BCUT2D eigenvalue weighted by Gasteiger charge is 2.31. The topological polar surface area (TPSA) is 37.2 Å². The number of anilines is 1. The number of ether oxygens (including phenoxy) is 1. The molecule has 2 aromatic rings. The van der Waals surface area contributed by atoms with Crippen molar-refractivity contribution in [2.75, 3.05) is 37.7 Å². The Bertz CT molecular complexity index is 925. The number of nitrogens with one attached hydrogen (secondary N) is 1. The van der Waals surface area contributed by atoms with Crippen molar-refractivity contribution in [2.45, 2.75) is 38.3 Å². The second-order valence-electron chi connectivity index (χ2n) is 8.95. The van der Waals surface area contributed by atoms with Gasteiger partial charge >= 0.3 is 0 Å². The quantitative estimate of drug-likeness (QED) is 0.722. The van der Waals surface area contributed by atoms with Gasteiger partial charge in [0.15, 0.2) is 0 Å². The summed E-state index contributed by atoms with van der Waals surface area (Å²) in [5.74, 6) is -0.141. The molecule has 0 bridgehead atoms. The summed E-state index contributed by atoms with van der Waals surface area (Å²) in [5.41, 5.74) is 5.15. The van der Waals surface area contributed by atoms with Gasteiger partial charge in [-0.15, -0.1) is 6.73 Å². The van der Waals surface area contributed by atoms with Crippen LogP contribution in [0.25, 0.3) is 0 Å². The molecule has 0 spiro atoms. The van der Waals surface area contributed by atoms with Crippen LogP contribution >= 0.6 is 0 Å². The third-order valence-electron chi connectivity index (χ3n) is 6.95. The first-order valence-electron chi connectivity index (χ1n) is 11.4. The Balaban J connectivity index is 1.17. The van der Waals surface area contributed by atoms with Crippen LogP contribution in [0.3, 0.4) is 0 Å². The van der Waals surface area contributed by atoms with E-state index in [-0.39, 0.29) is 18.3 Å². The van der Waals surface area contributed by atoms with E-state index < -0.39 is 0 Å². The van der Waals surface area contributed by atoms with Gasteiger partial charge in [-0.25, -0.2) is 4.39 Å². The van der Waals surface area contributed by atoms with Gasteiger partial charge in [0, 0.05) is 44.1 Å². The minimum absolute atomic E-state index is 0.0216. The van der Waals surface area contributed by atoms with E-state index >= 15 is 0 Å². The number of hydrogen-bond acceptors (Lipinski definition) is 3. The number of rotatable bonds is 6. The molecule has 0 radical (unpaired) electrons. The van der Waals surface area contributed by atoms with Crippen LogP contribution in [0.15, 0.2) is 42.5 Å². The Morgan fingerprint density at radius 2 is 1.87 bits per heavy atom. The number of carbonyl (C=O) groups is 1. The Hall–Kier alpha value is -2.44. The fourth-order valence-electron chi connectivity index (χ4n) is 5.13. The molecule has 1 N–H and O–H groups in total. The molecule has 3 heterocycles. The lowest BCUT2D eigenvalue weighted by Crippen LogP contribution is -3.13. The van der Waals surface area contributed by atoms with E-state index in [1.807, 2.05) is 12.1 Å². The number of likely N-dealkylation sites (tertiary alicyclic amines) is 1. The summed E-state index contributed by atoms with van der Waals surface area (Å²) in [6, 6.07) is 14.2. The molecule has 0 aliphatic carbocycles. The fraction of sp³-hybridized carbons (Fsp3) is 0.440. The normalized spacial score (nSPS) is 23.5. The number of fused-ring (bicyclic) bond motifs is 1. The lowest BCUT2D eigenvalue weighted by atomic mass is 10.0. The number of nitrogens with zero attached hydrogens (tertiary/aromatic N) is 2. The summed E-state index contributed by atoms with van der Waals surface area (Å²) in [6.07, 6.45) is 4.51. The maximum Gasteiger partial charge on any atom is 0.218 e. The third kappa shape index (κ3) is 4.60. The van der Waals surface area contributed by atoms with Crippen LogP contribution in [-0.4, -0.2) is 49.6 Å². The van der Waals surface area contributed by atoms with Crippen LogP contribution in [-0.2, 0) is 28.9 Å². The molecule has 0 saturated carbocycles. The summed E-state index contributed by atoms with van der Waals surface area (Å²) in [6.45, 7) is 6.84. The second kappa shape index (κ2) is 8.97. The van der Waals surface area contributed by atoms with Crippen LogP contribution < -0.4 is 9.80 Å². The molecule has 5 rings (SSSR count). The van der Waals surface area contributed by atoms with E-state index in [0.717, 1.165) is 31.5 Å². The molecule has 0 unspecified atom stereocenters. The van der Waals surface area contributed by atoms with Crippen molar-refractivity contribution in [1.29, 1.82) is 0 Å². The number of amides is 1. The van der Waals surface area contributed by atoms with Crippen LogP contribution in [0.5, 0.6) is 0 Å². The van der Waals surface area contributed by atoms with Crippen molar-refractivity contribution >= 4 is 11.6 Å². The highest BCUT2D eigenvalue weighted by Crippen LogP contribution is 2.33. The molecule has 1 amide bonds. The predicted octanol–water partition coefficient (Wildman–Crippen LogP) is 1.96. The fourth-order valence-corrected chi connectivity index (χ4v) is 5.13. The maximum absolute atomic E-state index is 13.1. The van der Waals surface area contributed by atoms with E-state index in [2.05, 4.69) is 23.1 Å². The van der Waals surface area contributed by atoms with Gasteiger partial charge in [-0.2, -0.15) is 0 Å². The van der Waals surface area contributed by atoms with E-state index in [4.69, 9.17) is 4.74 Å². The van der Waals surface area contributed by atoms with E-state index in [0.29, 0.717) is 12.6 Å². The molecule has 0 aromatic heterocycles. The van der Waals surface area contributed by atoms with E-state index in [1.165, 1.54) is 49.5 Å². The average molecular weight is 424 g/mol. The molecule has 0 atom stereocenters. The largest absolute Gasteiger partial charge is 0.525 e. The average Bonchev–Trinajstić information content (AvgIpc) is 3.40. The van der Waals surface area contributed by atoms with Gasteiger partial charge in [0.2, 0.25) is 5.91 Å². The number of quaternary nitrogens is 1. The standard InChI is InChI=1S/C25H29FN3O2/c26-22-5-2-19(3-6-22)7-11-27-12-9-23(10-13-27)29-14-8-21-4-1-20(15-24(21)29)16-28-18-31-17-25(28)30/h1-6,15,18,23H,7-14,16-17H2/q-1/p+1. The van der Waals surface area contributed by atoms with Gasteiger partial charge in [-0.05, 0) is 41.3 Å². The van der Waals surface area contributed by atoms with Crippen LogP contribution in [0.2, 0.25) is 0 Å². The van der Waals surface area contributed by atoms with Crippen molar-refractivity contribution in [2.24, 2.45) is 0 Å². The monoisotopic (exact) mass is 423 g/mol. The number of hydrogen-bond donors (Lipinski definition) is 1. The smallest absolute Gasteiger partial charge is 0.218 e. The molecule has 31 heavy (non-hydrogen) atoms. The van der Waals surface area contributed by atoms with Gasteiger partial charge in [0.1, 0.15) is 5.82 Å². The third-order valence-corrected chi connectivity index (χ3v) is 6.95. The van der Waals surface area contributed by atoms with Crippen molar-refractivity contribution in [1.82, 2.24) is 4.90 Å². The number of carbonyl (C=O) groups excluding carboxylic acids is 1. The zero-order valence-electron chi connectivity index (χ0n) is 17.9. The summed E-state index contributed by atoms with van der Waals surface area (Å²) in [5, 5.41) is 0. The maximum atomic E-state index is 13.1. The van der Waals surface area contributed by atoms with Gasteiger partial charge in [-0.3, -0.25) is 4.79 Å². The SMILES string of the molecule is O=C1CO[CH-]N1Cc1ccc2c(c1)N(C1CC[NH+](CCc3ccc(F)cc3)CC1)CC2. The van der Waals surface area contributed by atoms with Crippen molar-refractivity contribution in [3.05, 3.63) is 71.7 Å². The van der Waals surface area contributed by atoms with Crippen LogP contribution in [0.4, 0.5) is 10.1 Å². The number of piperidine rings is 1. The summed E-state index contributed by atoms with van der Waals surface area (Å²) >= 11 is 0. The molecule has 6 heteroatoms. The lowest BCUT2D eigenvalue weighted by molar-refractivity contribution is -0.904. The second-order valence-corrected chi connectivity index (χ2v) is 8.95. The first-order chi connectivity index (χ1) is 15.2. The van der Waals surface area contributed by atoms with Crippen molar-refractivity contribution < 1.29 is 18.8 Å². The highest BCUT2D eigenvalue weighted by atomic mass is 19.1. The van der Waals surface area contributed by atoms with E-state index in [1.54, 1.807) is 21.9 Å². The van der Waals surface area contributed by atoms with Gasteiger partial charge < -0.3 is 19.4 Å². The minimum atomic E-state index is -0.163. The predicted molar refractivity (Wildman–Crippen MR) is 117 cm³/mol. The molecule has 5 nitrogen and oxygen atoms in total. The zero-order valence-corrected chi connectivity index (χ0v) is 17.9. The molecule has 3 aliphatic rings. The summed E-state index contributed by atoms with van der Waals surface area (Å²) < 4.78 is 18.2. The molecular formula is C25H30FN3O2. The molecular weight excluding hydrogens is 393 g/mol. The Labute approximate surface area is 183 Å². The Morgan fingerprint density at radius 1 is 1.10 bits per heavy atom. The molecule has 3 aliphatic heterocycles. The summed E-state index contributed by atoms with van der Waals surface area (Å²) in [4.78, 5) is 17.8. The number of benzene rings is 2.